The number of nitrogens with one attached hydrogen (secondary N) is 2. The molecule has 3 atom stereocenters. The van der Waals surface area contributed by atoms with Crippen LogP contribution in [0.5, 0.6) is 0 Å². The minimum Gasteiger partial charge on any atom is -0.441 e. The second kappa shape index (κ2) is 11.1. The van der Waals surface area contributed by atoms with E-state index in [1.54, 1.807) is 18.5 Å². The third-order valence-electron chi connectivity index (χ3n) is 7.65. The summed E-state index contributed by atoms with van der Waals surface area (Å²) in [5, 5.41) is 0. The first-order chi connectivity index (χ1) is 17.2. The zero-order valence-corrected chi connectivity index (χ0v) is 21.6. The number of aromatic amines is 1. The number of hydrogen-bond acceptors (Lipinski definition) is 2. The van der Waals surface area contributed by atoms with Gasteiger partial charge in [0.15, 0.2) is 6.04 Å². The molecule has 3 aromatic rings. The summed E-state index contributed by atoms with van der Waals surface area (Å²) in [5.74, 6) is 0.521. The molecule has 1 aliphatic carbocycles. The van der Waals surface area contributed by atoms with Crippen molar-refractivity contribution in [1.29, 1.82) is 0 Å². The fourth-order valence-electron chi connectivity index (χ4n) is 5.20. The number of ether oxygens (including phenoxy) is 1. The fraction of sp³-hybridized carbons (Fsp3) is 0.517. The number of imidazole rings is 1. The van der Waals surface area contributed by atoms with Crippen LogP contribution in [0.4, 0.5) is 13.2 Å². The molecule has 0 spiro atoms. The van der Waals surface area contributed by atoms with Crippen molar-refractivity contribution in [2.45, 2.75) is 90.5 Å². The Bertz CT molecular complexity index is 1190. The lowest BCUT2D eigenvalue weighted by Gasteiger charge is -2.30. The fourth-order valence-corrected chi connectivity index (χ4v) is 5.20. The molecule has 194 valence electrons. The Labute approximate surface area is 211 Å². The minimum absolute atomic E-state index is 0.136. The van der Waals surface area contributed by atoms with Gasteiger partial charge < -0.3 is 9.72 Å². The summed E-state index contributed by atoms with van der Waals surface area (Å²) >= 11 is 0. The molecule has 1 fully saturated rings. The summed E-state index contributed by atoms with van der Waals surface area (Å²) in [5.41, 5.74) is 3.00. The first-order valence-corrected chi connectivity index (χ1v) is 13.1. The number of alkyl halides is 3. The van der Waals surface area contributed by atoms with Crippen LogP contribution in [0, 0.1) is 5.92 Å². The Balaban J connectivity index is 1.72. The molecule has 0 amide bonds. The smallest absolute Gasteiger partial charge is 0.416 e. The zero-order chi connectivity index (χ0) is 25.9. The van der Waals surface area contributed by atoms with Gasteiger partial charge in [0.05, 0.1) is 28.5 Å². The van der Waals surface area contributed by atoms with Crippen LogP contribution in [-0.2, 0) is 10.9 Å². The molecule has 0 aliphatic heterocycles. The van der Waals surface area contributed by atoms with Crippen LogP contribution >= 0.6 is 0 Å². The standard InChI is InChI=1S/C29H36F3N3O/c1-5-18(2)36-28(35-20(4)22-12-14-26-27(16-22)34-17-33-26)23-11-13-24(25(15-23)29(30,31)32)19(3)21-9-7-6-8-10-21/h11-21H,5-10H2,1-4H3,(H,33,34)/p+1. The molecule has 1 heterocycles. The van der Waals surface area contributed by atoms with Gasteiger partial charge in [-0.15, -0.1) is 0 Å². The van der Waals surface area contributed by atoms with E-state index in [9.17, 15) is 13.2 Å². The van der Waals surface area contributed by atoms with E-state index in [0.717, 1.165) is 48.7 Å². The van der Waals surface area contributed by atoms with Crippen molar-refractivity contribution < 1.29 is 22.9 Å². The number of fused-ring (bicyclic) bond motifs is 1. The molecule has 1 aromatic heterocycles. The van der Waals surface area contributed by atoms with Crippen LogP contribution in [0.1, 0.15) is 100 Å². The lowest BCUT2D eigenvalue weighted by atomic mass is 9.76. The van der Waals surface area contributed by atoms with Crippen LogP contribution in [-0.4, -0.2) is 22.0 Å². The van der Waals surface area contributed by atoms with Crippen LogP contribution in [0.2, 0.25) is 0 Å². The number of rotatable bonds is 7. The predicted octanol–water partition coefficient (Wildman–Crippen LogP) is 6.67. The summed E-state index contributed by atoms with van der Waals surface area (Å²) in [6.07, 6.45) is 3.16. The number of nitrogens with zero attached hydrogens (tertiary/aromatic N) is 1. The maximum Gasteiger partial charge on any atom is 0.416 e. The van der Waals surface area contributed by atoms with Gasteiger partial charge in [-0.3, -0.25) is 0 Å². The van der Waals surface area contributed by atoms with Gasteiger partial charge in [-0.2, -0.15) is 13.2 Å². The number of benzene rings is 2. The van der Waals surface area contributed by atoms with E-state index >= 15 is 0 Å². The second-order valence-electron chi connectivity index (χ2n) is 10.2. The topological polar surface area (TPSA) is 51.9 Å². The summed E-state index contributed by atoms with van der Waals surface area (Å²) in [4.78, 5) is 10.7. The molecule has 7 heteroatoms. The maximum absolute atomic E-state index is 14.3. The molecule has 0 saturated heterocycles. The van der Waals surface area contributed by atoms with E-state index in [-0.39, 0.29) is 18.1 Å². The number of hydrogen-bond donors (Lipinski definition) is 2. The summed E-state index contributed by atoms with van der Waals surface area (Å²) in [6, 6.07) is 10.4. The van der Waals surface area contributed by atoms with Crippen molar-refractivity contribution in [1.82, 2.24) is 9.97 Å². The highest BCUT2D eigenvalue weighted by Crippen LogP contribution is 2.42. The molecule has 2 N–H and O–H groups in total. The van der Waals surface area contributed by atoms with Crippen LogP contribution in [0.15, 0.2) is 42.7 Å². The molecule has 0 bridgehead atoms. The van der Waals surface area contributed by atoms with E-state index in [1.165, 1.54) is 12.5 Å². The van der Waals surface area contributed by atoms with Gasteiger partial charge >= 0.3 is 12.1 Å². The molecular weight excluding hydrogens is 463 g/mol. The van der Waals surface area contributed by atoms with Crippen molar-refractivity contribution >= 4 is 16.9 Å². The summed E-state index contributed by atoms with van der Waals surface area (Å²) in [6.45, 7) is 7.84. The van der Waals surface area contributed by atoms with Crippen molar-refractivity contribution in [3.63, 3.8) is 0 Å². The van der Waals surface area contributed by atoms with E-state index in [4.69, 9.17) is 4.74 Å². The summed E-state index contributed by atoms with van der Waals surface area (Å²) < 4.78 is 49.1. The third kappa shape index (κ3) is 5.93. The quantitative estimate of drug-likeness (QED) is 0.281. The van der Waals surface area contributed by atoms with Crippen LogP contribution in [0.25, 0.3) is 11.0 Å². The lowest BCUT2D eigenvalue weighted by molar-refractivity contribution is -0.514. The van der Waals surface area contributed by atoms with Gasteiger partial charge in [-0.1, -0.05) is 45.2 Å². The second-order valence-corrected chi connectivity index (χ2v) is 10.2. The highest BCUT2D eigenvalue weighted by molar-refractivity contribution is 5.90. The van der Waals surface area contributed by atoms with Crippen molar-refractivity contribution in [3.8, 4) is 0 Å². The van der Waals surface area contributed by atoms with Gasteiger partial charge in [0, 0.05) is 12.5 Å². The molecule has 4 nitrogen and oxygen atoms in total. The van der Waals surface area contributed by atoms with Crippen LogP contribution < -0.4 is 4.99 Å². The third-order valence-corrected chi connectivity index (χ3v) is 7.65. The molecule has 4 rings (SSSR count). The van der Waals surface area contributed by atoms with E-state index in [2.05, 4.69) is 15.0 Å². The molecule has 2 aromatic carbocycles. The van der Waals surface area contributed by atoms with Gasteiger partial charge in [0.2, 0.25) is 0 Å². The van der Waals surface area contributed by atoms with Crippen LogP contribution in [0.3, 0.4) is 0 Å². The number of halogens is 3. The van der Waals surface area contributed by atoms with Gasteiger partial charge in [0.25, 0.3) is 0 Å². The summed E-state index contributed by atoms with van der Waals surface area (Å²) in [7, 11) is 0. The highest BCUT2D eigenvalue weighted by Gasteiger charge is 2.37. The maximum atomic E-state index is 14.3. The van der Waals surface area contributed by atoms with Gasteiger partial charge in [0.1, 0.15) is 6.10 Å². The van der Waals surface area contributed by atoms with E-state index in [0.29, 0.717) is 22.9 Å². The normalized spacial score (nSPS) is 18.2. The number of H-pyrrole nitrogens is 1. The first kappa shape index (κ1) is 26.2. The molecule has 36 heavy (non-hydrogen) atoms. The lowest BCUT2D eigenvalue weighted by Crippen LogP contribution is -2.74. The number of aromatic nitrogens is 2. The molecule has 3 unspecified atom stereocenters. The van der Waals surface area contributed by atoms with Gasteiger partial charge in [-0.05, 0) is 67.9 Å². The van der Waals surface area contributed by atoms with Crippen molar-refractivity contribution in [2.24, 2.45) is 5.92 Å². The Morgan fingerprint density at radius 2 is 1.83 bits per heavy atom. The van der Waals surface area contributed by atoms with Crippen molar-refractivity contribution in [3.05, 3.63) is 65.0 Å². The monoisotopic (exact) mass is 500 g/mol. The van der Waals surface area contributed by atoms with E-state index in [1.807, 2.05) is 45.9 Å². The minimum atomic E-state index is -4.44. The molecule has 1 saturated carbocycles. The molecule has 0 radical (unpaired) electrons. The average molecular weight is 501 g/mol. The highest BCUT2D eigenvalue weighted by atomic mass is 19.4. The van der Waals surface area contributed by atoms with Gasteiger partial charge in [-0.25, -0.2) is 9.98 Å². The average Bonchev–Trinajstić information content (AvgIpc) is 3.35. The predicted molar refractivity (Wildman–Crippen MR) is 137 cm³/mol. The largest absolute Gasteiger partial charge is 0.441 e. The molecule has 1 aliphatic rings. The Morgan fingerprint density at radius 3 is 2.53 bits per heavy atom. The SMILES string of the molecule is CCC(C)OC(=[NH+]C(C)c1ccc2nc[nH]c2c1)c1ccc(C(C)C2CCCCC2)c(C(F)(F)F)c1. The molecular formula is C29H37F3N3O+. The first-order valence-electron chi connectivity index (χ1n) is 13.1. The Kier molecular flexibility index (Phi) is 8.06. The Hall–Kier alpha value is -2.83. The zero-order valence-electron chi connectivity index (χ0n) is 21.6. The van der Waals surface area contributed by atoms with E-state index < -0.39 is 11.7 Å². The van der Waals surface area contributed by atoms with Crippen molar-refractivity contribution in [2.75, 3.05) is 0 Å². The Morgan fingerprint density at radius 1 is 1.08 bits per heavy atom.